The molecule has 5 atom stereocenters. The van der Waals surface area contributed by atoms with Gasteiger partial charge in [-0.05, 0) is 25.8 Å². The molecule has 0 spiro atoms. The van der Waals surface area contributed by atoms with E-state index in [1.54, 1.807) is 21.3 Å². The van der Waals surface area contributed by atoms with Gasteiger partial charge in [0.05, 0.1) is 45.0 Å². The summed E-state index contributed by atoms with van der Waals surface area (Å²) < 4.78 is 29.9. The molecule has 6 nitrogen and oxygen atoms in total. The first-order valence-corrected chi connectivity index (χ1v) is 10.0. The summed E-state index contributed by atoms with van der Waals surface area (Å²) in [6.07, 6.45) is 4.49. The number of hydrogen-bond acceptors (Lipinski definition) is 6. The third-order valence-electron chi connectivity index (χ3n) is 6.37. The number of hydrogen-bond donors (Lipinski definition) is 1. The average molecular weight is 398 g/mol. The van der Waals surface area contributed by atoms with Crippen LogP contribution in [0.1, 0.15) is 54.8 Å². The topological polar surface area (TPSA) is 66.4 Å². The van der Waals surface area contributed by atoms with Crippen LogP contribution in [0.4, 0.5) is 0 Å². The molecule has 2 bridgehead atoms. The highest BCUT2D eigenvalue weighted by Crippen LogP contribution is 2.58. The molecule has 5 rings (SSSR count). The van der Waals surface area contributed by atoms with Gasteiger partial charge < -0.3 is 28.8 Å². The molecule has 0 aliphatic carbocycles. The Hall–Kier alpha value is -2.28. The van der Waals surface area contributed by atoms with Gasteiger partial charge in [-0.25, -0.2) is 0 Å². The van der Waals surface area contributed by atoms with Crippen molar-refractivity contribution < 1.29 is 28.8 Å². The molecule has 0 amide bonds. The van der Waals surface area contributed by atoms with Crippen LogP contribution in [0.5, 0.6) is 17.2 Å². The third-order valence-corrected chi connectivity index (χ3v) is 6.37. The van der Waals surface area contributed by atoms with E-state index in [0.29, 0.717) is 6.42 Å². The minimum Gasteiger partial charge on any atom is -0.496 e. The van der Waals surface area contributed by atoms with E-state index in [0.717, 1.165) is 51.1 Å². The number of benzene rings is 2. The smallest absolute Gasteiger partial charge is 0.137 e. The van der Waals surface area contributed by atoms with E-state index in [4.69, 9.17) is 23.7 Å². The molecule has 6 heteroatoms. The molecule has 3 aliphatic heterocycles. The SMILES string of the molecule is COc1c2c(c(OC)c3c(OC)c([C@@H]4CC[C@@H](O)[C@H](C)O4)ccc13)C1C=CC2O1. The van der Waals surface area contributed by atoms with Crippen LogP contribution in [0.3, 0.4) is 0 Å². The van der Waals surface area contributed by atoms with Crippen molar-refractivity contribution in [3.05, 3.63) is 41.0 Å². The summed E-state index contributed by atoms with van der Waals surface area (Å²) >= 11 is 0. The third kappa shape index (κ3) is 2.59. The quantitative estimate of drug-likeness (QED) is 0.781. The van der Waals surface area contributed by atoms with Gasteiger partial charge in [0.2, 0.25) is 0 Å². The van der Waals surface area contributed by atoms with Crippen LogP contribution in [-0.2, 0) is 9.47 Å². The summed E-state index contributed by atoms with van der Waals surface area (Å²) in [4.78, 5) is 0. The van der Waals surface area contributed by atoms with Crippen molar-refractivity contribution in [2.24, 2.45) is 0 Å². The maximum Gasteiger partial charge on any atom is 0.137 e. The molecule has 2 aromatic carbocycles. The second kappa shape index (κ2) is 6.90. The Bertz CT molecular complexity index is 997. The van der Waals surface area contributed by atoms with Crippen molar-refractivity contribution in [2.45, 2.75) is 50.3 Å². The first kappa shape index (κ1) is 18.7. The molecule has 154 valence electrons. The van der Waals surface area contributed by atoms with E-state index in [2.05, 4.69) is 12.2 Å². The van der Waals surface area contributed by atoms with Gasteiger partial charge in [0.1, 0.15) is 29.5 Å². The molecule has 29 heavy (non-hydrogen) atoms. The molecule has 1 N–H and O–H groups in total. The fraction of sp³-hybridized carbons (Fsp3) is 0.478. The van der Waals surface area contributed by atoms with Crippen molar-refractivity contribution in [3.8, 4) is 17.2 Å². The number of ether oxygens (including phenoxy) is 5. The molecule has 0 radical (unpaired) electrons. The lowest BCUT2D eigenvalue weighted by Crippen LogP contribution is -2.33. The molecule has 3 heterocycles. The Balaban J connectivity index is 1.76. The Kier molecular flexibility index (Phi) is 4.46. The van der Waals surface area contributed by atoms with Crippen LogP contribution in [-0.4, -0.2) is 38.6 Å². The molecule has 2 aromatic rings. The molecule has 0 aromatic heterocycles. The van der Waals surface area contributed by atoms with Gasteiger partial charge in [-0.3, -0.25) is 0 Å². The lowest BCUT2D eigenvalue weighted by Gasteiger charge is -2.33. The fourth-order valence-corrected chi connectivity index (χ4v) is 4.99. The van der Waals surface area contributed by atoms with Gasteiger partial charge in [0.15, 0.2) is 0 Å². The Morgan fingerprint density at radius 1 is 0.862 bits per heavy atom. The molecular formula is C23H26O6. The van der Waals surface area contributed by atoms with Crippen LogP contribution >= 0.6 is 0 Å². The lowest BCUT2D eigenvalue weighted by atomic mass is 9.88. The van der Waals surface area contributed by atoms with Gasteiger partial charge in [0.25, 0.3) is 0 Å². The number of aliphatic hydroxyl groups excluding tert-OH is 1. The first-order valence-electron chi connectivity index (χ1n) is 10.0. The molecule has 3 aliphatic rings. The fourth-order valence-electron chi connectivity index (χ4n) is 4.99. The first-order chi connectivity index (χ1) is 14.1. The zero-order chi connectivity index (χ0) is 20.3. The molecule has 2 unspecified atom stereocenters. The minimum absolute atomic E-state index is 0.113. The highest BCUT2D eigenvalue weighted by atomic mass is 16.5. The van der Waals surface area contributed by atoms with E-state index in [1.807, 2.05) is 19.1 Å². The average Bonchev–Trinajstić information content (AvgIpc) is 3.35. The summed E-state index contributed by atoms with van der Waals surface area (Å²) in [6.45, 7) is 1.90. The van der Waals surface area contributed by atoms with E-state index in [-0.39, 0.29) is 24.4 Å². The minimum atomic E-state index is -0.435. The van der Waals surface area contributed by atoms with Crippen molar-refractivity contribution in [3.63, 3.8) is 0 Å². The standard InChI is InChI=1S/C23H26O6/c1-11-14(24)7-8-15(28-11)12-5-6-13-18(21(12)25-2)23(27-4)20-17-10-9-16(29-17)19(20)22(13)26-3/h5-6,9-11,14-17,24H,7-8H2,1-4H3/t11-,14+,15-,16?,17?/m0/s1. The van der Waals surface area contributed by atoms with Crippen molar-refractivity contribution in [1.82, 2.24) is 0 Å². The van der Waals surface area contributed by atoms with Gasteiger partial charge in [0, 0.05) is 22.1 Å². The summed E-state index contributed by atoms with van der Waals surface area (Å²) in [6, 6.07) is 4.08. The highest BCUT2D eigenvalue weighted by molar-refractivity contribution is 6.02. The predicted molar refractivity (Wildman–Crippen MR) is 108 cm³/mol. The van der Waals surface area contributed by atoms with Gasteiger partial charge in [-0.1, -0.05) is 18.2 Å². The zero-order valence-corrected chi connectivity index (χ0v) is 17.1. The highest BCUT2D eigenvalue weighted by Gasteiger charge is 2.41. The maximum absolute atomic E-state index is 10.0. The van der Waals surface area contributed by atoms with Crippen molar-refractivity contribution >= 4 is 10.8 Å². The Morgan fingerprint density at radius 2 is 1.52 bits per heavy atom. The normalized spacial score (nSPS) is 29.9. The Morgan fingerprint density at radius 3 is 2.14 bits per heavy atom. The summed E-state index contributed by atoms with van der Waals surface area (Å²) in [5, 5.41) is 11.8. The van der Waals surface area contributed by atoms with Gasteiger partial charge in [-0.15, -0.1) is 0 Å². The van der Waals surface area contributed by atoms with E-state index < -0.39 is 6.10 Å². The van der Waals surface area contributed by atoms with Crippen LogP contribution in [0, 0.1) is 0 Å². The van der Waals surface area contributed by atoms with Crippen LogP contribution < -0.4 is 14.2 Å². The van der Waals surface area contributed by atoms with E-state index >= 15 is 0 Å². The summed E-state index contributed by atoms with van der Waals surface area (Å²) in [5.74, 6) is 2.28. The van der Waals surface area contributed by atoms with Gasteiger partial charge >= 0.3 is 0 Å². The second-order valence-electron chi connectivity index (χ2n) is 7.84. The predicted octanol–water partition coefficient (Wildman–Crippen LogP) is 4.15. The second-order valence-corrected chi connectivity index (χ2v) is 7.84. The molecule has 1 fully saturated rings. The summed E-state index contributed by atoms with van der Waals surface area (Å²) in [7, 11) is 5.03. The van der Waals surface area contributed by atoms with Crippen LogP contribution in [0.2, 0.25) is 0 Å². The van der Waals surface area contributed by atoms with Crippen molar-refractivity contribution in [2.75, 3.05) is 21.3 Å². The summed E-state index contributed by atoms with van der Waals surface area (Å²) in [5.41, 5.74) is 3.00. The van der Waals surface area contributed by atoms with Crippen LogP contribution in [0.25, 0.3) is 10.8 Å². The van der Waals surface area contributed by atoms with E-state index in [1.165, 1.54) is 0 Å². The number of aliphatic hydroxyl groups is 1. The van der Waals surface area contributed by atoms with Gasteiger partial charge in [-0.2, -0.15) is 0 Å². The Labute approximate surface area is 170 Å². The molecule has 1 saturated heterocycles. The molecular weight excluding hydrogens is 372 g/mol. The number of methoxy groups -OCH3 is 3. The number of fused-ring (bicyclic) bond motifs is 6. The van der Waals surface area contributed by atoms with Crippen molar-refractivity contribution in [1.29, 1.82) is 0 Å². The van der Waals surface area contributed by atoms with Crippen LogP contribution in [0.15, 0.2) is 24.3 Å². The maximum atomic E-state index is 10.0. The zero-order valence-electron chi connectivity index (χ0n) is 17.1. The van der Waals surface area contributed by atoms with E-state index in [9.17, 15) is 5.11 Å². The monoisotopic (exact) mass is 398 g/mol. The number of rotatable bonds is 4. The largest absolute Gasteiger partial charge is 0.496 e. The molecule has 0 saturated carbocycles. The lowest BCUT2D eigenvalue weighted by molar-refractivity contribution is -0.110.